The van der Waals surface area contributed by atoms with Crippen molar-refractivity contribution in [2.24, 2.45) is 5.73 Å². The van der Waals surface area contributed by atoms with Crippen LogP contribution in [0.2, 0.25) is 0 Å². The molecule has 6 heteroatoms. The zero-order valence-corrected chi connectivity index (χ0v) is 13.4. The standard InChI is InChI=1S/C6H13NO.2HI.H3N.Pt/c7-5-1-3-6(8)4-2-5;;;;/h5-6,8H,1-4,7H2;2*1H;1H3;/q;;;;+2/p-2/t5-,6+;;;;. The van der Waals surface area contributed by atoms with E-state index in [1.54, 1.807) is 0 Å². The van der Waals surface area contributed by atoms with Gasteiger partial charge in [0, 0.05) is 6.04 Å². The molecular formula is C6H16I2N2OPt. The first-order chi connectivity index (χ1) is 5.20. The molecule has 0 unspecified atom stereocenters. The summed E-state index contributed by atoms with van der Waals surface area (Å²) in [5.74, 6) is 0. The van der Waals surface area contributed by atoms with Crippen LogP contribution in [0.1, 0.15) is 25.7 Å². The van der Waals surface area contributed by atoms with E-state index in [0.717, 1.165) is 25.7 Å². The molecule has 0 saturated heterocycles. The normalized spacial score (nSPS) is 28.3. The van der Waals surface area contributed by atoms with Gasteiger partial charge in [-0.1, -0.05) is 0 Å². The van der Waals surface area contributed by atoms with Crippen LogP contribution < -0.4 is 11.9 Å². The van der Waals surface area contributed by atoms with E-state index in [4.69, 9.17) is 10.8 Å². The van der Waals surface area contributed by atoms with Crippen LogP contribution in [0, 0.1) is 0 Å². The number of halogens is 2. The van der Waals surface area contributed by atoms with Crippen LogP contribution in [0.4, 0.5) is 0 Å². The molecule has 12 heavy (non-hydrogen) atoms. The van der Waals surface area contributed by atoms with E-state index < -0.39 is 0 Å². The zero-order valence-electron chi connectivity index (χ0n) is 6.79. The van der Waals surface area contributed by atoms with Gasteiger partial charge in [-0.2, -0.15) is 0 Å². The molecule has 0 bridgehead atoms. The van der Waals surface area contributed by atoms with Crippen LogP contribution in [0.3, 0.4) is 0 Å². The summed E-state index contributed by atoms with van der Waals surface area (Å²) in [5.41, 5.74) is 5.59. The number of aliphatic hydroxyl groups excluding tert-OH is 1. The van der Waals surface area contributed by atoms with Crippen molar-refractivity contribution in [2.45, 2.75) is 37.8 Å². The molecule has 1 rings (SSSR count). The molecule has 1 aliphatic carbocycles. The summed E-state index contributed by atoms with van der Waals surface area (Å²) in [6.45, 7) is 0. The predicted octanol–water partition coefficient (Wildman–Crippen LogP) is 2.18. The number of nitrogens with two attached hydrogens (primary N) is 1. The molecule has 1 fully saturated rings. The quantitative estimate of drug-likeness (QED) is 0.384. The van der Waals surface area contributed by atoms with Gasteiger partial charge in [-0.05, 0) is 25.7 Å². The van der Waals surface area contributed by atoms with E-state index >= 15 is 0 Å². The second kappa shape index (κ2) is 11.1. The van der Waals surface area contributed by atoms with Gasteiger partial charge in [0.05, 0.1) is 6.10 Å². The van der Waals surface area contributed by atoms with Crippen LogP contribution in [0.25, 0.3) is 0 Å². The number of hydrogen-bond acceptors (Lipinski definition) is 3. The zero-order chi connectivity index (χ0) is 8.69. The molecule has 0 aromatic heterocycles. The molecule has 0 heterocycles. The molecule has 0 amide bonds. The van der Waals surface area contributed by atoms with Gasteiger partial charge in [-0.15, -0.1) is 0 Å². The monoisotopic (exact) mass is 581 g/mol. The van der Waals surface area contributed by atoms with Crippen LogP contribution >= 0.6 is 38.7 Å². The molecule has 0 aromatic carbocycles. The van der Waals surface area contributed by atoms with Crippen molar-refractivity contribution in [1.82, 2.24) is 6.15 Å². The van der Waals surface area contributed by atoms with Crippen molar-refractivity contribution < 1.29 is 16.3 Å². The fourth-order valence-electron chi connectivity index (χ4n) is 1.10. The van der Waals surface area contributed by atoms with Gasteiger partial charge in [-0.25, -0.2) is 0 Å². The summed E-state index contributed by atoms with van der Waals surface area (Å²) in [7, 11) is 0. The molecule has 0 radical (unpaired) electrons. The first kappa shape index (κ1) is 16.5. The van der Waals surface area contributed by atoms with Crippen molar-refractivity contribution in [3.8, 4) is 0 Å². The third-order valence-electron chi connectivity index (χ3n) is 1.74. The maximum atomic E-state index is 8.97. The average molecular weight is 581 g/mol. The van der Waals surface area contributed by atoms with Gasteiger partial charge in [0.15, 0.2) is 0 Å². The Morgan fingerprint density at radius 2 is 1.50 bits per heavy atom. The second-order valence-corrected chi connectivity index (χ2v) is 19.2. The Kier molecular flexibility index (Phi) is 15.2. The van der Waals surface area contributed by atoms with E-state index in [1.165, 1.54) is 0 Å². The van der Waals surface area contributed by atoms with Crippen molar-refractivity contribution in [2.75, 3.05) is 0 Å². The molecule has 1 saturated carbocycles. The molecule has 0 aromatic rings. The van der Waals surface area contributed by atoms with Crippen molar-refractivity contribution in [1.29, 1.82) is 0 Å². The van der Waals surface area contributed by atoms with Crippen molar-refractivity contribution in [3.63, 3.8) is 0 Å². The molecular weight excluding hydrogens is 565 g/mol. The van der Waals surface area contributed by atoms with Crippen molar-refractivity contribution in [3.05, 3.63) is 0 Å². The van der Waals surface area contributed by atoms with E-state index in [0.29, 0.717) is 17.2 Å². The second-order valence-electron chi connectivity index (χ2n) is 2.61. The Hall–Kier alpha value is 2.03. The number of aliphatic hydroxyl groups is 1. The van der Waals surface area contributed by atoms with E-state index in [-0.39, 0.29) is 12.3 Å². The van der Waals surface area contributed by atoms with E-state index in [1.807, 2.05) is 0 Å². The number of rotatable bonds is 0. The summed E-state index contributed by atoms with van der Waals surface area (Å²) in [6.07, 6.45) is 3.75. The van der Waals surface area contributed by atoms with Gasteiger partial charge in [0.25, 0.3) is 0 Å². The summed E-state index contributed by atoms with van der Waals surface area (Å²) in [4.78, 5) is 0. The van der Waals surface area contributed by atoms with Gasteiger partial charge >= 0.3 is 49.9 Å². The fraction of sp³-hybridized carbons (Fsp3) is 1.00. The van der Waals surface area contributed by atoms with Crippen molar-refractivity contribution >= 4 is 38.7 Å². The summed E-state index contributed by atoms with van der Waals surface area (Å²) >= 11 is 5.30. The minimum absolute atomic E-state index is 0. The van der Waals surface area contributed by atoms with E-state index in [9.17, 15) is 0 Å². The van der Waals surface area contributed by atoms with Gasteiger partial charge < -0.3 is 17.0 Å². The first-order valence-corrected chi connectivity index (χ1v) is 16.4. The minimum atomic E-state index is -0.0604. The summed E-state index contributed by atoms with van der Waals surface area (Å²) in [6, 6.07) is 0.360. The van der Waals surface area contributed by atoms with Gasteiger partial charge in [0.1, 0.15) is 0 Å². The molecule has 80 valence electrons. The molecule has 3 nitrogen and oxygen atoms in total. The maximum absolute atomic E-state index is 8.97. The third kappa shape index (κ3) is 10.1. The Morgan fingerprint density at radius 3 is 1.75 bits per heavy atom. The molecule has 0 aliphatic heterocycles. The molecule has 0 spiro atoms. The SMILES string of the molecule is N.N[C@H]1CC[C@@H](O)CC1.[I][Pt][I]. The van der Waals surface area contributed by atoms with E-state index in [2.05, 4.69) is 38.7 Å². The Balaban J connectivity index is 0. The van der Waals surface area contributed by atoms with Gasteiger partial charge in [-0.3, -0.25) is 0 Å². The summed E-state index contributed by atoms with van der Waals surface area (Å²) < 4.78 is 0. The summed E-state index contributed by atoms with van der Waals surface area (Å²) in [5, 5.41) is 8.97. The fourth-order valence-corrected chi connectivity index (χ4v) is 1.10. The third-order valence-corrected chi connectivity index (χ3v) is 1.74. The predicted molar refractivity (Wildman–Crippen MR) is 65.5 cm³/mol. The van der Waals surface area contributed by atoms with Crippen LogP contribution in [-0.2, 0) is 11.2 Å². The van der Waals surface area contributed by atoms with Crippen LogP contribution in [0.5, 0.6) is 0 Å². The molecule has 6 N–H and O–H groups in total. The Labute approximate surface area is 103 Å². The average Bonchev–Trinajstić information content (AvgIpc) is 1.97. The van der Waals surface area contributed by atoms with Crippen LogP contribution in [0.15, 0.2) is 0 Å². The Bertz CT molecular complexity index is 81.6. The topological polar surface area (TPSA) is 81.2 Å². The molecule has 1 aliphatic rings. The van der Waals surface area contributed by atoms with Gasteiger partial charge in [0.2, 0.25) is 0 Å². The Morgan fingerprint density at radius 1 is 1.17 bits per heavy atom. The molecule has 0 atom stereocenters. The number of hydrogen-bond donors (Lipinski definition) is 3. The van der Waals surface area contributed by atoms with Crippen LogP contribution in [-0.4, -0.2) is 17.3 Å². The first-order valence-electron chi connectivity index (χ1n) is 3.46.